The molecule has 130 valence electrons. The maximum atomic E-state index is 6.27. The van der Waals surface area contributed by atoms with Crippen LogP contribution in [0.2, 0.25) is 10.0 Å². The highest BCUT2D eigenvalue weighted by atomic mass is 35.5. The number of nitrogens with zero attached hydrogens (tertiary/aromatic N) is 2. The lowest BCUT2D eigenvalue weighted by molar-refractivity contribution is 0.0276. The van der Waals surface area contributed by atoms with Gasteiger partial charge in [0, 0.05) is 22.4 Å². The third kappa shape index (κ3) is 4.63. The highest BCUT2D eigenvalue weighted by Crippen LogP contribution is 2.28. The predicted octanol–water partition coefficient (Wildman–Crippen LogP) is 5.76. The fraction of sp³-hybridized carbons (Fsp3) is 0.250. The second-order valence-corrected chi connectivity index (χ2v) is 7.00. The second-order valence-electron chi connectivity index (χ2n) is 6.15. The molecular formula is C20H20Cl2N2O. The van der Waals surface area contributed by atoms with E-state index in [-0.39, 0.29) is 6.10 Å². The molecule has 0 saturated carbocycles. The monoisotopic (exact) mass is 374 g/mol. The summed E-state index contributed by atoms with van der Waals surface area (Å²) in [5.41, 5.74) is 4.55. The molecule has 1 atom stereocenters. The van der Waals surface area contributed by atoms with Crippen LogP contribution in [-0.2, 0) is 17.9 Å². The molecule has 0 radical (unpaired) electrons. The molecule has 0 aliphatic carbocycles. The van der Waals surface area contributed by atoms with Gasteiger partial charge < -0.3 is 9.30 Å². The van der Waals surface area contributed by atoms with E-state index in [0.717, 1.165) is 5.56 Å². The highest BCUT2D eigenvalue weighted by Gasteiger charge is 2.16. The first-order chi connectivity index (χ1) is 12.0. The summed E-state index contributed by atoms with van der Waals surface area (Å²) >= 11 is 12.2. The largest absolute Gasteiger partial charge is 0.367 e. The molecule has 3 rings (SSSR count). The predicted molar refractivity (Wildman–Crippen MR) is 102 cm³/mol. The van der Waals surface area contributed by atoms with Gasteiger partial charge in [0.15, 0.2) is 0 Å². The number of imidazole rings is 1. The third-order valence-corrected chi connectivity index (χ3v) is 4.75. The first-order valence-corrected chi connectivity index (χ1v) is 8.87. The summed E-state index contributed by atoms with van der Waals surface area (Å²) in [7, 11) is 0. The van der Waals surface area contributed by atoms with Gasteiger partial charge in [0.2, 0.25) is 0 Å². The zero-order valence-electron chi connectivity index (χ0n) is 14.2. The minimum Gasteiger partial charge on any atom is -0.367 e. The van der Waals surface area contributed by atoms with Crippen molar-refractivity contribution < 1.29 is 4.74 Å². The van der Waals surface area contributed by atoms with Crippen molar-refractivity contribution >= 4 is 23.2 Å². The van der Waals surface area contributed by atoms with Gasteiger partial charge in [-0.1, -0.05) is 53.0 Å². The Balaban J connectivity index is 1.83. The zero-order valence-corrected chi connectivity index (χ0v) is 15.8. The molecule has 0 fully saturated rings. The van der Waals surface area contributed by atoms with E-state index >= 15 is 0 Å². The molecule has 0 amide bonds. The molecule has 0 bridgehead atoms. The molecule has 1 unspecified atom stereocenters. The average molecular weight is 375 g/mol. The van der Waals surface area contributed by atoms with Crippen LogP contribution in [0.1, 0.15) is 28.4 Å². The smallest absolute Gasteiger partial charge is 0.101 e. The lowest BCUT2D eigenvalue weighted by Gasteiger charge is -2.21. The Bertz CT molecular complexity index is 847. The van der Waals surface area contributed by atoms with E-state index in [9.17, 15) is 0 Å². The topological polar surface area (TPSA) is 27.1 Å². The number of aryl methyl sites for hydroxylation is 2. The van der Waals surface area contributed by atoms with Gasteiger partial charge in [0.05, 0.1) is 19.5 Å². The van der Waals surface area contributed by atoms with Gasteiger partial charge in [-0.15, -0.1) is 0 Å². The molecular weight excluding hydrogens is 355 g/mol. The lowest BCUT2D eigenvalue weighted by Crippen LogP contribution is -2.13. The fourth-order valence-electron chi connectivity index (χ4n) is 2.84. The van der Waals surface area contributed by atoms with Crippen molar-refractivity contribution in [1.82, 2.24) is 9.55 Å². The van der Waals surface area contributed by atoms with Crippen LogP contribution in [0.15, 0.2) is 55.1 Å². The standard InChI is InChI=1S/C20H20Cl2N2O/c1-14-3-6-18(15(2)9-14)20(11-24-8-7-23-13-24)25-12-16-4-5-17(21)10-19(16)22/h3-10,13,20H,11-12H2,1-2H3. The van der Waals surface area contributed by atoms with E-state index < -0.39 is 0 Å². The maximum Gasteiger partial charge on any atom is 0.101 e. The van der Waals surface area contributed by atoms with E-state index in [1.54, 1.807) is 18.6 Å². The normalized spacial score (nSPS) is 12.3. The Morgan fingerprint density at radius 1 is 1.12 bits per heavy atom. The van der Waals surface area contributed by atoms with Crippen LogP contribution < -0.4 is 0 Å². The van der Waals surface area contributed by atoms with Gasteiger partial charge in [-0.25, -0.2) is 4.98 Å². The molecule has 3 nitrogen and oxygen atoms in total. The van der Waals surface area contributed by atoms with Crippen LogP contribution in [0, 0.1) is 13.8 Å². The number of hydrogen-bond acceptors (Lipinski definition) is 2. The lowest BCUT2D eigenvalue weighted by atomic mass is 10.0. The van der Waals surface area contributed by atoms with E-state index in [1.165, 1.54) is 16.7 Å². The molecule has 0 spiro atoms. The van der Waals surface area contributed by atoms with Crippen LogP contribution in [0.4, 0.5) is 0 Å². The number of benzene rings is 2. The average Bonchev–Trinajstić information content (AvgIpc) is 3.06. The molecule has 0 saturated heterocycles. The number of rotatable bonds is 6. The van der Waals surface area contributed by atoms with E-state index in [0.29, 0.717) is 23.2 Å². The van der Waals surface area contributed by atoms with Crippen molar-refractivity contribution in [2.45, 2.75) is 33.1 Å². The molecule has 1 aromatic heterocycles. The van der Waals surface area contributed by atoms with Crippen LogP contribution in [0.5, 0.6) is 0 Å². The molecule has 5 heteroatoms. The van der Waals surface area contributed by atoms with Gasteiger partial charge in [0.1, 0.15) is 6.10 Å². The third-order valence-electron chi connectivity index (χ3n) is 4.16. The van der Waals surface area contributed by atoms with Crippen molar-refractivity contribution in [3.63, 3.8) is 0 Å². The number of hydrogen-bond donors (Lipinski definition) is 0. The highest BCUT2D eigenvalue weighted by molar-refractivity contribution is 6.35. The fourth-order valence-corrected chi connectivity index (χ4v) is 3.31. The summed E-state index contributed by atoms with van der Waals surface area (Å²) in [6, 6.07) is 11.9. The number of aromatic nitrogens is 2. The van der Waals surface area contributed by atoms with Crippen molar-refractivity contribution in [3.8, 4) is 0 Å². The van der Waals surface area contributed by atoms with Gasteiger partial charge in [-0.3, -0.25) is 0 Å². The molecule has 2 aromatic carbocycles. The SMILES string of the molecule is Cc1ccc(C(Cn2ccnc2)OCc2ccc(Cl)cc2Cl)c(C)c1. The molecule has 0 aliphatic heterocycles. The summed E-state index contributed by atoms with van der Waals surface area (Å²) in [6.07, 6.45) is 5.42. The summed E-state index contributed by atoms with van der Waals surface area (Å²) in [4.78, 5) is 4.12. The van der Waals surface area contributed by atoms with Gasteiger partial charge in [-0.2, -0.15) is 0 Å². The summed E-state index contributed by atoms with van der Waals surface area (Å²) in [5.74, 6) is 0. The van der Waals surface area contributed by atoms with E-state index in [4.69, 9.17) is 27.9 Å². The minimum atomic E-state index is -0.0958. The number of halogens is 2. The van der Waals surface area contributed by atoms with E-state index in [2.05, 4.69) is 37.0 Å². The van der Waals surface area contributed by atoms with E-state index in [1.807, 2.05) is 22.9 Å². The molecule has 3 aromatic rings. The van der Waals surface area contributed by atoms with Crippen LogP contribution in [0.25, 0.3) is 0 Å². The van der Waals surface area contributed by atoms with Gasteiger partial charge in [-0.05, 0) is 42.7 Å². The van der Waals surface area contributed by atoms with Crippen LogP contribution >= 0.6 is 23.2 Å². The Labute approximate surface area is 158 Å². The Kier molecular flexibility index (Phi) is 5.79. The van der Waals surface area contributed by atoms with Crippen molar-refractivity contribution in [2.24, 2.45) is 0 Å². The van der Waals surface area contributed by atoms with Crippen molar-refractivity contribution in [2.75, 3.05) is 0 Å². The minimum absolute atomic E-state index is 0.0958. The first kappa shape index (κ1) is 18.0. The summed E-state index contributed by atoms with van der Waals surface area (Å²) in [5, 5.41) is 1.24. The summed E-state index contributed by atoms with van der Waals surface area (Å²) < 4.78 is 8.27. The zero-order chi connectivity index (χ0) is 17.8. The Hall–Kier alpha value is -1.81. The van der Waals surface area contributed by atoms with Crippen molar-refractivity contribution in [1.29, 1.82) is 0 Å². The van der Waals surface area contributed by atoms with Crippen LogP contribution in [-0.4, -0.2) is 9.55 Å². The van der Waals surface area contributed by atoms with Gasteiger partial charge >= 0.3 is 0 Å². The maximum absolute atomic E-state index is 6.27. The molecule has 0 N–H and O–H groups in total. The van der Waals surface area contributed by atoms with Gasteiger partial charge in [0.25, 0.3) is 0 Å². The van der Waals surface area contributed by atoms with Crippen molar-refractivity contribution in [3.05, 3.63) is 87.4 Å². The summed E-state index contributed by atoms with van der Waals surface area (Å²) in [6.45, 7) is 5.32. The Morgan fingerprint density at radius 2 is 1.96 bits per heavy atom. The Morgan fingerprint density at radius 3 is 2.64 bits per heavy atom. The number of ether oxygens (including phenoxy) is 1. The molecule has 25 heavy (non-hydrogen) atoms. The first-order valence-electron chi connectivity index (χ1n) is 8.11. The second kappa shape index (κ2) is 8.05. The van der Waals surface area contributed by atoms with Crippen LogP contribution in [0.3, 0.4) is 0 Å². The molecule has 1 heterocycles. The quantitative estimate of drug-likeness (QED) is 0.547. The molecule has 0 aliphatic rings.